The summed E-state index contributed by atoms with van der Waals surface area (Å²) in [6, 6.07) is 2.73. The van der Waals surface area contributed by atoms with Crippen LogP contribution in [0.15, 0.2) is 16.6 Å². The molecule has 152 valence electrons. The van der Waals surface area contributed by atoms with Gasteiger partial charge in [-0.3, -0.25) is 14.5 Å². The fraction of sp³-hybridized carbons (Fsp3) is 0.526. The number of hydrogen-bond donors (Lipinski definition) is 2. The number of amides is 4. The van der Waals surface area contributed by atoms with Crippen molar-refractivity contribution < 1.29 is 23.9 Å². The molecule has 0 radical (unpaired) electrons. The predicted molar refractivity (Wildman–Crippen MR) is 105 cm³/mol. The molecule has 2 aliphatic heterocycles. The van der Waals surface area contributed by atoms with Crippen molar-refractivity contribution >= 4 is 33.8 Å². The fourth-order valence-electron chi connectivity index (χ4n) is 3.47. The molecule has 0 bridgehead atoms. The topological polar surface area (TPSA) is 97.0 Å². The number of ether oxygens (including phenoxy) is 2. The summed E-state index contributed by atoms with van der Waals surface area (Å²) in [6.07, 6.45) is 0.958. The van der Waals surface area contributed by atoms with E-state index in [2.05, 4.69) is 26.6 Å². The van der Waals surface area contributed by atoms with Crippen molar-refractivity contribution in [3.8, 4) is 11.5 Å². The normalized spacial score (nSPS) is 18.6. The first-order valence-electron chi connectivity index (χ1n) is 9.33. The first kappa shape index (κ1) is 20.4. The summed E-state index contributed by atoms with van der Waals surface area (Å²) in [7, 11) is 0. The molecule has 1 saturated heterocycles. The number of rotatable bonds is 6. The van der Waals surface area contributed by atoms with Crippen molar-refractivity contribution in [3.05, 3.63) is 22.2 Å². The molecule has 0 aliphatic carbocycles. The van der Waals surface area contributed by atoms with Crippen LogP contribution in [0.1, 0.15) is 45.2 Å². The second-order valence-electron chi connectivity index (χ2n) is 6.92. The van der Waals surface area contributed by atoms with Gasteiger partial charge in [0.2, 0.25) is 5.91 Å². The predicted octanol–water partition coefficient (Wildman–Crippen LogP) is 2.51. The molecule has 0 aromatic heterocycles. The second-order valence-corrected chi connectivity index (χ2v) is 7.77. The Labute approximate surface area is 172 Å². The number of fused-ring (bicyclic) bond motifs is 1. The van der Waals surface area contributed by atoms with E-state index in [1.54, 1.807) is 6.07 Å². The first-order chi connectivity index (χ1) is 13.3. The summed E-state index contributed by atoms with van der Waals surface area (Å²) in [5.41, 5.74) is -0.103. The molecule has 0 spiro atoms. The van der Waals surface area contributed by atoms with Crippen LogP contribution in [0.25, 0.3) is 0 Å². The van der Waals surface area contributed by atoms with Crippen molar-refractivity contribution in [3.63, 3.8) is 0 Å². The minimum Gasteiger partial charge on any atom is -0.486 e. The van der Waals surface area contributed by atoms with E-state index in [4.69, 9.17) is 9.47 Å². The van der Waals surface area contributed by atoms with E-state index < -0.39 is 17.5 Å². The summed E-state index contributed by atoms with van der Waals surface area (Å²) >= 11 is 3.49. The zero-order valence-electron chi connectivity index (χ0n) is 16.1. The lowest BCUT2D eigenvalue weighted by atomic mass is 9.93. The molecular formula is C19H24BrN3O5. The average molecular weight is 454 g/mol. The Bertz CT molecular complexity index is 809. The van der Waals surface area contributed by atoms with Crippen LogP contribution in [0, 0.1) is 0 Å². The number of carbonyl (C=O) groups excluding carboxylic acids is 3. The van der Waals surface area contributed by atoms with E-state index in [1.165, 1.54) is 0 Å². The lowest BCUT2D eigenvalue weighted by Crippen LogP contribution is -2.46. The minimum absolute atomic E-state index is 0.321. The van der Waals surface area contributed by atoms with Crippen LogP contribution in [0.2, 0.25) is 0 Å². The number of urea groups is 1. The van der Waals surface area contributed by atoms with E-state index >= 15 is 0 Å². The third kappa shape index (κ3) is 3.67. The van der Waals surface area contributed by atoms with Crippen LogP contribution in [0.4, 0.5) is 4.79 Å². The molecule has 28 heavy (non-hydrogen) atoms. The number of halogens is 1. The van der Waals surface area contributed by atoms with Crippen LogP contribution >= 0.6 is 15.9 Å². The van der Waals surface area contributed by atoms with E-state index in [-0.39, 0.29) is 18.5 Å². The molecule has 8 nitrogen and oxygen atoms in total. The Morgan fingerprint density at radius 3 is 2.43 bits per heavy atom. The van der Waals surface area contributed by atoms with Crippen LogP contribution in [0.3, 0.4) is 0 Å². The minimum atomic E-state index is -0.915. The van der Waals surface area contributed by atoms with Crippen LogP contribution in [-0.2, 0) is 9.59 Å². The van der Waals surface area contributed by atoms with Crippen LogP contribution < -0.4 is 20.1 Å². The Morgan fingerprint density at radius 2 is 1.86 bits per heavy atom. The van der Waals surface area contributed by atoms with Gasteiger partial charge in [0.05, 0.1) is 6.04 Å². The van der Waals surface area contributed by atoms with Gasteiger partial charge in [-0.15, -0.1) is 0 Å². The highest BCUT2D eigenvalue weighted by molar-refractivity contribution is 9.10. The quantitative estimate of drug-likeness (QED) is 0.644. The van der Waals surface area contributed by atoms with Crippen molar-refractivity contribution in [2.24, 2.45) is 0 Å². The van der Waals surface area contributed by atoms with Gasteiger partial charge in [0.1, 0.15) is 25.3 Å². The lowest BCUT2D eigenvalue weighted by molar-refractivity contribution is -0.135. The fourth-order valence-corrected chi connectivity index (χ4v) is 4.13. The third-order valence-electron chi connectivity index (χ3n) is 5.26. The standard InChI is InChI=1S/C19H24BrN3O5/c1-4-19(5-2)17(25)23(18(26)22-19)10-16(24)21-11(3)12-8-14-15(9-13(12)20)28-7-6-27-14/h8-9,11H,4-7,10H2,1-3H3,(H,21,24)(H,22,26). The van der Waals surface area contributed by atoms with E-state index in [9.17, 15) is 14.4 Å². The Morgan fingerprint density at radius 1 is 1.25 bits per heavy atom. The molecule has 0 saturated carbocycles. The summed E-state index contributed by atoms with van der Waals surface area (Å²) in [5.74, 6) is 0.497. The Hall–Kier alpha value is -2.29. The molecule has 2 N–H and O–H groups in total. The molecule has 2 aliphatic rings. The summed E-state index contributed by atoms with van der Waals surface area (Å²) in [5, 5.41) is 5.56. The number of carbonyl (C=O) groups is 3. The van der Waals surface area contributed by atoms with Crippen LogP contribution in [-0.4, -0.2) is 48.0 Å². The molecule has 3 rings (SSSR count). The summed E-state index contributed by atoms with van der Waals surface area (Å²) in [6.45, 7) is 6.15. The highest BCUT2D eigenvalue weighted by atomic mass is 79.9. The van der Waals surface area contributed by atoms with Gasteiger partial charge >= 0.3 is 6.03 Å². The number of nitrogens with zero attached hydrogens (tertiary/aromatic N) is 1. The molecule has 4 amide bonds. The Kier molecular flexibility index (Phi) is 5.83. The van der Waals surface area contributed by atoms with Gasteiger partial charge in [-0.1, -0.05) is 29.8 Å². The third-order valence-corrected chi connectivity index (χ3v) is 5.95. The number of imide groups is 1. The summed E-state index contributed by atoms with van der Waals surface area (Å²) in [4.78, 5) is 38.3. The van der Waals surface area contributed by atoms with Gasteiger partial charge in [-0.05, 0) is 37.5 Å². The molecule has 2 heterocycles. The highest BCUT2D eigenvalue weighted by Crippen LogP contribution is 2.37. The van der Waals surface area contributed by atoms with Gasteiger partial charge in [0, 0.05) is 4.47 Å². The SMILES string of the molecule is CCC1(CC)NC(=O)N(CC(=O)NC(C)c2cc3c(cc2Br)OCCO3)C1=O. The largest absolute Gasteiger partial charge is 0.486 e. The molecular weight excluding hydrogens is 430 g/mol. The lowest BCUT2D eigenvalue weighted by Gasteiger charge is -2.24. The van der Waals surface area contributed by atoms with Gasteiger partial charge in [-0.25, -0.2) is 4.79 Å². The van der Waals surface area contributed by atoms with Crippen LogP contribution in [0.5, 0.6) is 11.5 Å². The Balaban J connectivity index is 1.68. The molecule has 9 heteroatoms. The second kappa shape index (κ2) is 7.98. The zero-order chi connectivity index (χ0) is 20.5. The molecule has 1 aromatic rings. The van der Waals surface area contributed by atoms with Crippen molar-refractivity contribution in [2.45, 2.75) is 45.2 Å². The smallest absolute Gasteiger partial charge is 0.325 e. The van der Waals surface area contributed by atoms with Gasteiger partial charge in [0.15, 0.2) is 11.5 Å². The monoisotopic (exact) mass is 453 g/mol. The molecule has 1 fully saturated rings. The highest BCUT2D eigenvalue weighted by Gasteiger charge is 2.49. The van der Waals surface area contributed by atoms with Gasteiger partial charge in [0.25, 0.3) is 5.91 Å². The van der Waals surface area contributed by atoms with Gasteiger partial charge in [-0.2, -0.15) is 0 Å². The summed E-state index contributed by atoms with van der Waals surface area (Å²) < 4.78 is 11.9. The van der Waals surface area contributed by atoms with Crippen molar-refractivity contribution in [2.75, 3.05) is 19.8 Å². The number of benzene rings is 1. The van der Waals surface area contributed by atoms with Gasteiger partial charge < -0.3 is 20.1 Å². The van der Waals surface area contributed by atoms with E-state index in [1.807, 2.05) is 26.8 Å². The molecule has 1 atom stereocenters. The maximum atomic E-state index is 12.6. The average Bonchev–Trinajstić information content (AvgIpc) is 2.91. The van der Waals surface area contributed by atoms with E-state index in [0.29, 0.717) is 37.6 Å². The maximum Gasteiger partial charge on any atom is 0.325 e. The van der Waals surface area contributed by atoms with Crippen molar-refractivity contribution in [1.29, 1.82) is 0 Å². The number of nitrogens with one attached hydrogen (secondary N) is 2. The maximum absolute atomic E-state index is 12.6. The molecule has 1 aromatic carbocycles. The number of hydrogen-bond acceptors (Lipinski definition) is 5. The zero-order valence-corrected chi connectivity index (χ0v) is 17.7. The molecule has 1 unspecified atom stereocenters. The van der Waals surface area contributed by atoms with E-state index in [0.717, 1.165) is 14.9 Å². The van der Waals surface area contributed by atoms with Crippen molar-refractivity contribution in [1.82, 2.24) is 15.5 Å². The first-order valence-corrected chi connectivity index (χ1v) is 10.1.